The van der Waals surface area contributed by atoms with E-state index in [0.29, 0.717) is 0 Å². The summed E-state index contributed by atoms with van der Waals surface area (Å²) in [6.45, 7) is 1.65. The van der Waals surface area contributed by atoms with Gasteiger partial charge in [-0.2, -0.15) is 0 Å². The molecule has 0 aliphatic carbocycles. The molecule has 2 N–H and O–H groups in total. The van der Waals surface area contributed by atoms with Crippen LogP contribution < -0.4 is 5.43 Å². The molecule has 0 aromatic heterocycles. The second kappa shape index (κ2) is 4.81. The Morgan fingerprint density at radius 3 is 2.38 bits per heavy atom. The third kappa shape index (κ3) is 3.89. The van der Waals surface area contributed by atoms with E-state index < -0.39 is 18.3 Å². The van der Waals surface area contributed by atoms with Gasteiger partial charge >= 0.3 is 5.97 Å². The topological polar surface area (TPSA) is 69.6 Å². The van der Waals surface area contributed by atoms with Crippen molar-refractivity contribution >= 4 is 11.9 Å². The fourth-order valence-electron chi connectivity index (χ4n) is 1.36. The van der Waals surface area contributed by atoms with Gasteiger partial charge in [0.05, 0.1) is 0 Å². The summed E-state index contributed by atoms with van der Waals surface area (Å²) in [5.74, 6) is -1.52. The lowest BCUT2D eigenvalue weighted by Crippen LogP contribution is -2.45. The molecule has 74 valence electrons. The summed E-state index contributed by atoms with van der Waals surface area (Å²) in [6.07, 6.45) is 2.86. The average molecular weight is 186 g/mol. The number of hydrogen-bond acceptors (Lipinski definition) is 3. The Kier molecular flexibility index (Phi) is 3.70. The SMILES string of the molecule is O=C(O)CC(=O)NN1CCCCC1. The van der Waals surface area contributed by atoms with E-state index in [-0.39, 0.29) is 0 Å². The Bertz CT molecular complexity index is 200. The van der Waals surface area contributed by atoms with Crippen LogP contribution in [0, 0.1) is 0 Å². The molecule has 0 spiro atoms. The number of nitrogens with one attached hydrogen (secondary N) is 1. The number of nitrogens with zero attached hydrogens (tertiary/aromatic N) is 1. The van der Waals surface area contributed by atoms with Crippen LogP contribution in [0.25, 0.3) is 0 Å². The Balaban J connectivity index is 2.22. The van der Waals surface area contributed by atoms with Crippen LogP contribution in [0.2, 0.25) is 0 Å². The number of carboxylic acids is 1. The number of hydrogen-bond donors (Lipinski definition) is 2. The van der Waals surface area contributed by atoms with E-state index in [4.69, 9.17) is 5.11 Å². The van der Waals surface area contributed by atoms with E-state index in [9.17, 15) is 9.59 Å². The molecular formula is C8H14N2O3. The Morgan fingerprint density at radius 1 is 1.23 bits per heavy atom. The highest BCUT2D eigenvalue weighted by molar-refractivity contribution is 5.93. The molecule has 1 aliphatic heterocycles. The van der Waals surface area contributed by atoms with Crippen LogP contribution in [0.5, 0.6) is 0 Å². The smallest absolute Gasteiger partial charge is 0.312 e. The number of carboxylic acid groups (broad SMARTS) is 1. The second-order valence-electron chi connectivity index (χ2n) is 3.15. The van der Waals surface area contributed by atoms with Crippen molar-refractivity contribution in [2.75, 3.05) is 13.1 Å². The number of aliphatic carboxylic acids is 1. The van der Waals surface area contributed by atoms with Crippen LogP contribution in [-0.4, -0.2) is 35.1 Å². The predicted octanol–water partition coefficient (Wildman–Crippen LogP) is -0.0218. The minimum atomic E-state index is -1.09. The highest BCUT2D eigenvalue weighted by Gasteiger charge is 2.14. The van der Waals surface area contributed by atoms with Crippen LogP contribution >= 0.6 is 0 Å². The van der Waals surface area contributed by atoms with Gasteiger partial charge in [0.25, 0.3) is 0 Å². The molecule has 0 saturated carbocycles. The van der Waals surface area contributed by atoms with Gasteiger partial charge in [-0.1, -0.05) is 6.42 Å². The lowest BCUT2D eigenvalue weighted by atomic mass is 10.2. The van der Waals surface area contributed by atoms with E-state index in [1.165, 1.54) is 6.42 Å². The van der Waals surface area contributed by atoms with Crippen molar-refractivity contribution in [1.29, 1.82) is 0 Å². The summed E-state index contributed by atoms with van der Waals surface area (Å²) in [5, 5.41) is 10.1. The van der Waals surface area contributed by atoms with Gasteiger partial charge in [0.1, 0.15) is 6.42 Å². The van der Waals surface area contributed by atoms with Crippen molar-refractivity contribution in [3.8, 4) is 0 Å². The molecule has 1 rings (SSSR count). The summed E-state index contributed by atoms with van der Waals surface area (Å²) in [7, 11) is 0. The van der Waals surface area contributed by atoms with Crippen molar-refractivity contribution in [1.82, 2.24) is 10.4 Å². The summed E-state index contributed by atoms with van der Waals surface area (Å²) < 4.78 is 0. The molecule has 0 bridgehead atoms. The first-order chi connectivity index (χ1) is 6.18. The maximum atomic E-state index is 11.0. The monoisotopic (exact) mass is 186 g/mol. The van der Waals surface area contributed by atoms with Gasteiger partial charge in [-0.25, -0.2) is 5.01 Å². The van der Waals surface area contributed by atoms with E-state index >= 15 is 0 Å². The normalized spacial score (nSPS) is 18.2. The number of hydrazine groups is 1. The number of piperidine rings is 1. The summed E-state index contributed by atoms with van der Waals surface area (Å²) in [6, 6.07) is 0. The highest BCUT2D eigenvalue weighted by Crippen LogP contribution is 2.05. The quantitative estimate of drug-likeness (QED) is 0.608. The molecule has 0 radical (unpaired) electrons. The van der Waals surface area contributed by atoms with Crippen molar-refractivity contribution in [3.63, 3.8) is 0 Å². The Hall–Kier alpha value is -1.10. The van der Waals surface area contributed by atoms with Gasteiger partial charge in [-0.3, -0.25) is 15.0 Å². The number of carbonyl (C=O) groups is 2. The third-order valence-electron chi connectivity index (χ3n) is 1.95. The molecular weight excluding hydrogens is 172 g/mol. The molecule has 1 fully saturated rings. The molecule has 1 amide bonds. The van der Waals surface area contributed by atoms with Gasteiger partial charge in [-0.05, 0) is 12.8 Å². The van der Waals surface area contributed by atoms with Gasteiger partial charge in [0.15, 0.2) is 0 Å². The van der Waals surface area contributed by atoms with Crippen LogP contribution in [0.3, 0.4) is 0 Å². The predicted molar refractivity (Wildman–Crippen MR) is 45.8 cm³/mol. The first-order valence-electron chi connectivity index (χ1n) is 4.45. The second-order valence-corrected chi connectivity index (χ2v) is 3.15. The molecule has 5 nitrogen and oxygen atoms in total. The minimum Gasteiger partial charge on any atom is -0.481 e. The molecule has 0 aromatic rings. The van der Waals surface area contributed by atoms with Crippen LogP contribution in [0.15, 0.2) is 0 Å². The van der Waals surface area contributed by atoms with E-state index in [2.05, 4.69) is 5.43 Å². The summed E-state index contributed by atoms with van der Waals surface area (Å²) >= 11 is 0. The zero-order chi connectivity index (χ0) is 9.68. The largest absolute Gasteiger partial charge is 0.481 e. The Morgan fingerprint density at radius 2 is 1.85 bits per heavy atom. The zero-order valence-corrected chi connectivity index (χ0v) is 7.45. The lowest BCUT2D eigenvalue weighted by Gasteiger charge is -2.26. The van der Waals surface area contributed by atoms with E-state index in [1.807, 2.05) is 0 Å². The standard InChI is InChI=1S/C8H14N2O3/c11-7(6-8(12)13)9-10-4-2-1-3-5-10/h1-6H2,(H,9,11)(H,12,13). The molecule has 0 atom stereocenters. The molecule has 1 heterocycles. The summed E-state index contributed by atoms with van der Waals surface area (Å²) in [5.41, 5.74) is 2.56. The van der Waals surface area contributed by atoms with Gasteiger partial charge < -0.3 is 5.11 Å². The number of rotatable bonds is 3. The van der Waals surface area contributed by atoms with Crippen LogP contribution in [-0.2, 0) is 9.59 Å². The maximum absolute atomic E-state index is 11.0. The van der Waals surface area contributed by atoms with Gasteiger partial charge in [0, 0.05) is 13.1 Å². The van der Waals surface area contributed by atoms with Crippen molar-refractivity contribution in [3.05, 3.63) is 0 Å². The van der Waals surface area contributed by atoms with Crippen LogP contribution in [0.4, 0.5) is 0 Å². The number of amides is 1. The minimum absolute atomic E-state index is 0.436. The van der Waals surface area contributed by atoms with E-state index in [1.54, 1.807) is 5.01 Å². The van der Waals surface area contributed by atoms with Crippen LogP contribution in [0.1, 0.15) is 25.7 Å². The third-order valence-corrected chi connectivity index (χ3v) is 1.95. The molecule has 0 aromatic carbocycles. The lowest BCUT2D eigenvalue weighted by molar-refractivity contribution is -0.142. The first kappa shape index (κ1) is 9.98. The average Bonchev–Trinajstić information content (AvgIpc) is 2.04. The van der Waals surface area contributed by atoms with Crippen molar-refractivity contribution in [2.24, 2.45) is 0 Å². The fourth-order valence-corrected chi connectivity index (χ4v) is 1.36. The molecule has 1 aliphatic rings. The first-order valence-corrected chi connectivity index (χ1v) is 4.45. The molecule has 13 heavy (non-hydrogen) atoms. The highest BCUT2D eigenvalue weighted by atomic mass is 16.4. The molecule has 5 heteroatoms. The molecule has 0 unspecified atom stereocenters. The van der Waals surface area contributed by atoms with E-state index in [0.717, 1.165) is 25.9 Å². The Labute approximate surface area is 76.7 Å². The number of carbonyl (C=O) groups excluding carboxylic acids is 1. The molecule has 1 saturated heterocycles. The van der Waals surface area contributed by atoms with Crippen molar-refractivity contribution < 1.29 is 14.7 Å². The maximum Gasteiger partial charge on any atom is 0.312 e. The summed E-state index contributed by atoms with van der Waals surface area (Å²) in [4.78, 5) is 21.2. The fraction of sp³-hybridized carbons (Fsp3) is 0.750. The van der Waals surface area contributed by atoms with Gasteiger partial charge in [-0.15, -0.1) is 0 Å². The van der Waals surface area contributed by atoms with Crippen molar-refractivity contribution in [2.45, 2.75) is 25.7 Å². The van der Waals surface area contributed by atoms with Gasteiger partial charge in [0.2, 0.25) is 5.91 Å². The zero-order valence-electron chi connectivity index (χ0n) is 7.45.